The Labute approximate surface area is 148 Å². The summed E-state index contributed by atoms with van der Waals surface area (Å²) in [5, 5.41) is 10.2. The minimum atomic E-state index is -0.218. The van der Waals surface area contributed by atoms with E-state index in [2.05, 4.69) is 25.5 Å². The SMILES string of the molecule is O=C1C[C@@H](c2cnc3ccccc3n2)c2c(n[nH]c2-c2cccnc2)N1. The van der Waals surface area contributed by atoms with Gasteiger partial charge in [-0.25, -0.2) is 4.98 Å². The number of aromatic nitrogens is 5. The van der Waals surface area contributed by atoms with E-state index in [0.717, 1.165) is 33.5 Å². The molecule has 4 heterocycles. The number of aromatic amines is 1. The molecule has 0 saturated carbocycles. The summed E-state index contributed by atoms with van der Waals surface area (Å²) in [6, 6.07) is 11.5. The number of rotatable bonds is 2. The van der Waals surface area contributed by atoms with Gasteiger partial charge in [-0.05, 0) is 24.3 Å². The summed E-state index contributed by atoms with van der Waals surface area (Å²) in [4.78, 5) is 25.6. The van der Waals surface area contributed by atoms with Gasteiger partial charge >= 0.3 is 0 Å². The molecule has 0 bridgehead atoms. The van der Waals surface area contributed by atoms with Crippen LogP contribution < -0.4 is 5.32 Å². The largest absolute Gasteiger partial charge is 0.309 e. The Morgan fingerprint density at radius 1 is 1.04 bits per heavy atom. The van der Waals surface area contributed by atoms with E-state index in [1.54, 1.807) is 18.6 Å². The van der Waals surface area contributed by atoms with Crippen molar-refractivity contribution in [1.82, 2.24) is 25.1 Å². The van der Waals surface area contributed by atoms with Gasteiger partial charge in [0.1, 0.15) is 0 Å². The van der Waals surface area contributed by atoms with E-state index in [1.807, 2.05) is 36.4 Å². The van der Waals surface area contributed by atoms with Gasteiger partial charge in [0, 0.05) is 42.1 Å². The molecular weight excluding hydrogens is 328 g/mol. The first-order chi connectivity index (χ1) is 12.8. The summed E-state index contributed by atoms with van der Waals surface area (Å²) in [6.07, 6.45) is 5.54. The van der Waals surface area contributed by atoms with Crippen LogP contribution in [0.4, 0.5) is 5.82 Å². The van der Waals surface area contributed by atoms with Gasteiger partial charge in [-0.2, -0.15) is 5.10 Å². The Hall–Kier alpha value is -3.61. The summed E-state index contributed by atoms with van der Waals surface area (Å²) >= 11 is 0. The van der Waals surface area contributed by atoms with E-state index in [9.17, 15) is 4.79 Å². The number of para-hydroxylation sites is 2. The Morgan fingerprint density at radius 3 is 2.77 bits per heavy atom. The van der Waals surface area contributed by atoms with Crippen LogP contribution in [0.15, 0.2) is 55.0 Å². The van der Waals surface area contributed by atoms with Crippen molar-refractivity contribution < 1.29 is 4.79 Å². The summed E-state index contributed by atoms with van der Waals surface area (Å²) in [6.45, 7) is 0. The van der Waals surface area contributed by atoms with Gasteiger partial charge in [-0.1, -0.05) is 12.1 Å². The maximum absolute atomic E-state index is 12.2. The molecule has 1 atom stereocenters. The number of carbonyl (C=O) groups excluding carboxylic acids is 1. The predicted molar refractivity (Wildman–Crippen MR) is 96.4 cm³/mol. The number of H-pyrrole nitrogens is 1. The van der Waals surface area contributed by atoms with Crippen molar-refractivity contribution in [1.29, 1.82) is 0 Å². The summed E-state index contributed by atoms with van der Waals surface area (Å²) in [5.74, 6) is 0.242. The molecule has 7 nitrogen and oxygen atoms in total. The van der Waals surface area contributed by atoms with Gasteiger partial charge in [0.25, 0.3) is 0 Å². The summed E-state index contributed by atoms with van der Waals surface area (Å²) in [7, 11) is 0. The molecule has 3 aromatic heterocycles. The van der Waals surface area contributed by atoms with Crippen molar-refractivity contribution in [2.75, 3.05) is 5.32 Å². The normalized spacial score (nSPS) is 16.3. The first kappa shape index (κ1) is 14.7. The fourth-order valence-corrected chi connectivity index (χ4v) is 3.38. The van der Waals surface area contributed by atoms with E-state index in [4.69, 9.17) is 4.98 Å². The summed E-state index contributed by atoms with van der Waals surface area (Å²) in [5.41, 5.74) is 5.07. The fraction of sp³-hybridized carbons (Fsp3) is 0.105. The molecule has 1 aliphatic heterocycles. The predicted octanol–water partition coefficient (Wildman–Crippen LogP) is 2.89. The van der Waals surface area contributed by atoms with E-state index < -0.39 is 0 Å². The Balaban J connectivity index is 1.68. The van der Waals surface area contributed by atoms with Crippen LogP contribution in [-0.2, 0) is 4.79 Å². The molecular formula is C19H14N6O. The van der Waals surface area contributed by atoms with E-state index in [0.29, 0.717) is 12.2 Å². The molecule has 0 aliphatic carbocycles. The molecule has 1 amide bonds. The van der Waals surface area contributed by atoms with Crippen LogP contribution in [0.3, 0.4) is 0 Å². The Morgan fingerprint density at radius 2 is 1.92 bits per heavy atom. The molecule has 4 aromatic rings. The van der Waals surface area contributed by atoms with Crippen LogP contribution >= 0.6 is 0 Å². The third kappa shape index (κ3) is 2.33. The maximum atomic E-state index is 12.2. The fourth-order valence-electron chi connectivity index (χ4n) is 3.38. The second-order valence-electron chi connectivity index (χ2n) is 6.19. The standard InChI is InChI=1S/C19H14N6O/c26-16-8-12(15-10-21-13-5-1-2-6-14(13)22-15)17-18(24-25-19(17)23-16)11-4-3-7-20-9-11/h1-7,9-10,12H,8H2,(H2,23,24,25,26)/t12-/m0/s1. The zero-order valence-electron chi connectivity index (χ0n) is 13.7. The molecule has 0 spiro atoms. The van der Waals surface area contributed by atoms with E-state index >= 15 is 0 Å². The van der Waals surface area contributed by atoms with Crippen molar-refractivity contribution in [3.05, 3.63) is 66.2 Å². The van der Waals surface area contributed by atoms with Crippen LogP contribution in [0.1, 0.15) is 23.6 Å². The smallest absolute Gasteiger partial charge is 0.226 e. The number of amides is 1. The number of fused-ring (bicyclic) bond motifs is 2. The van der Waals surface area contributed by atoms with Crippen molar-refractivity contribution >= 4 is 22.8 Å². The average Bonchev–Trinajstić information content (AvgIpc) is 3.11. The minimum absolute atomic E-state index is 0.0818. The quantitative estimate of drug-likeness (QED) is 0.584. The molecule has 2 N–H and O–H groups in total. The molecule has 126 valence electrons. The van der Waals surface area contributed by atoms with Crippen LogP contribution in [-0.4, -0.2) is 31.1 Å². The lowest BCUT2D eigenvalue weighted by molar-refractivity contribution is -0.116. The highest BCUT2D eigenvalue weighted by molar-refractivity contribution is 5.96. The number of carbonyl (C=O) groups is 1. The van der Waals surface area contributed by atoms with Crippen LogP contribution in [0.5, 0.6) is 0 Å². The lowest BCUT2D eigenvalue weighted by Gasteiger charge is -2.22. The lowest BCUT2D eigenvalue weighted by Crippen LogP contribution is -2.24. The second kappa shape index (κ2) is 5.73. The number of hydrogen-bond acceptors (Lipinski definition) is 5. The third-order valence-electron chi connectivity index (χ3n) is 4.57. The molecule has 0 unspecified atom stereocenters. The number of hydrogen-bond donors (Lipinski definition) is 2. The van der Waals surface area contributed by atoms with Crippen LogP contribution in [0.2, 0.25) is 0 Å². The number of pyridine rings is 1. The zero-order chi connectivity index (χ0) is 17.5. The maximum Gasteiger partial charge on any atom is 0.226 e. The highest BCUT2D eigenvalue weighted by Crippen LogP contribution is 2.40. The van der Waals surface area contributed by atoms with Crippen molar-refractivity contribution in [2.45, 2.75) is 12.3 Å². The van der Waals surface area contributed by atoms with Crippen molar-refractivity contribution in [3.8, 4) is 11.3 Å². The highest BCUT2D eigenvalue weighted by Gasteiger charge is 2.33. The van der Waals surface area contributed by atoms with Crippen molar-refractivity contribution in [2.24, 2.45) is 0 Å². The van der Waals surface area contributed by atoms with Gasteiger partial charge in [0.2, 0.25) is 5.91 Å². The van der Waals surface area contributed by atoms with Crippen LogP contribution in [0, 0.1) is 0 Å². The Kier molecular flexibility index (Phi) is 3.24. The molecule has 0 fully saturated rings. The van der Waals surface area contributed by atoms with E-state index in [-0.39, 0.29) is 11.8 Å². The molecule has 5 rings (SSSR count). The van der Waals surface area contributed by atoms with Crippen molar-refractivity contribution in [3.63, 3.8) is 0 Å². The van der Waals surface area contributed by atoms with Gasteiger partial charge in [-0.3, -0.25) is 19.9 Å². The third-order valence-corrected chi connectivity index (χ3v) is 4.57. The number of nitrogens with zero attached hydrogens (tertiary/aromatic N) is 4. The summed E-state index contributed by atoms with van der Waals surface area (Å²) < 4.78 is 0. The molecule has 0 saturated heterocycles. The molecule has 1 aromatic carbocycles. The van der Waals surface area contributed by atoms with Crippen LogP contribution in [0.25, 0.3) is 22.3 Å². The van der Waals surface area contributed by atoms with E-state index in [1.165, 1.54) is 0 Å². The molecule has 0 radical (unpaired) electrons. The topological polar surface area (TPSA) is 96.5 Å². The Bertz CT molecular complexity index is 1120. The molecule has 1 aliphatic rings. The minimum Gasteiger partial charge on any atom is -0.309 e. The van der Waals surface area contributed by atoms with Gasteiger partial charge in [-0.15, -0.1) is 0 Å². The highest BCUT2D eigenvalue weighted by atomic mass is 16.1. The second-order valence-corrected chi connectivity index (χ2v) is 6.19. The zero-order valence-corrected chi connectivity index (χ0v) is 13.7. The number of anilines is 1. The first-order valence-electron chi connectivity index (χ1n) is 8.30. The molecule has 26 heavy (non-hydrogen) atoms. The first-order valence-corrected chi connectivity index (χ1v) is 8.30. The van der Waals surface area contributed by atoms with Gasteiger partial charge in [0.15, 0.2) is 5.82 Å². The van der Waals surface area contributed by atoms with Gasteiger partial charge < -0.3 is 5.32 Å². The average molecular weight is 342 g/mol. The number of benzene rings is 1. The lowest BCUT2D eigenvalue weighted by atomic mass is 9.88. The monoisotopic (exact) mass is 342 g/mol. The number of nitrogens with one attached hydrogen (secondary N) is 2. The molecule has 7 heteroatoms. The van der Waals surface area contributed by atoms with Gasteiger partial charge in [0.05, 0.1) is 22.4 Å².